The minimum Gasteiger partial charge on any atom is -0.497 e. The van der Waals surface area contributed by atoms with Crippen LogP contribution in [0.1, 0.15) is 5.56 Å². The van der Waals surface area contributed by atoms with Gasteiger partial charge in [-0.3, -0.25) is 0 Å². The Labute approximate surface area is 122 Å². The number of hydrogen-bond acceptors (Lipinski definition) is 3. The quantitative estimate of drug-likeness (QED) is 0.905. The fourth-order valence-electron chi connectivity index (χ4n) is 1.72. The molecule has 0 heterocycles. The van der Waals surface area contributed by atoms with Crippen LogP contribution < -0.4 is 10.5 Å². The average Bonchev–Trinajstić information content (AvgIpc) is 2.43. The molecule has 100 valence electrons. The molecule has 0 aliphatic heterocycles. The molecule has 0 amide bonds. The van der Waals surface area contributed by atoms with Gasteiger partial charge in [0, 0.05) is 9.79 Å². The predicted molar refractivity (Wildman–Crippen MR) is 81.3 cm³/mol. The number of nitrogens with two attached hydrogens (primary N) is 1. The molecule has 19 heavy (non-hydrogen) atoms. The van der Waals surface area contributed by atoms with E-state index in [1.807, 2.05) is 36.4 Å². The molecule has 2 aromatic rings. The number of hydrogen-bond donors (Lipinski definition) is 1. The van der Waals surface area contributed by atoms with E-state index in [9.17, 15) is 0 Å². The topological polar surface area (TPSA) is 35.2 Å². The third-order valence-electron chi connectivity index (χ3n) is 2.72. The summed E-state index contributed by atoms with van der Waals surface area (Å²) in [6.45, 7) is 0.640. The van der Waals surface area contributed by atoms with Gasteiger partial charge in [0.15, 0.2) is 0 Å². The third kappa shape index (κ3) is 3.90. The number of halogens is 1. The van der Waals surface area contributed by atoms with Gasteiger partial charge in [-0.25, -0.2) is 0 Å². The highest BCUT2D eigenvalue weighted by Crippen LogP contribution is 2.34. The van der Waals surface area contributed by atoms with E-state index in [0.29, 0.717) is 6.54 Å². The Morgan fingerprint density at radius 2 is 1.89 bits per heavy atom. The summed E-state index contributed by atoms with van der Waals surface area (Å²) >= 11 is 7.93. The van der Waals surface area contributed by atoms with E-state index in [0.717, 1.165) is 27.0 Å². The highest BCUT2D eigenvalue weighted by atomic mass is 35.5. The molecule has 0 spiro atoms. The van der Waals surface area contributed by atoms with Crippen LogP contribution in [-0.4, -0.2) is 13.7 Å². The Hall–Kier alpha value is -1.16. The molecule has 2 rings (SSSR count). The van der Waals surface area contributed by atoms with Gasteiger partial charge in [-0.05, 0) is 54.9 Å². The van der Waals surface area contributed by atoms with Crippen molar-refractivity contribution >= 4 is 23.4 Å². The maximum atomic E-state index is 6.29. The van der Waals surface area contributed by atoms with E-state index in [1.165, 1.54) is 5.56 Å². The van der Waals surface area contributed by atoms with E-state index in [1.54, 1.807) is 18.9 Å². The van der Waals surface area contributed by atoms with Crippen LogP contribution >= 0.6 is 23.4 Å². The summed E-state index contributed by atoms with van der Waals surface area (Å²) in [5.41, 5.74) is 6.71. The first kappa shape index (κ1) is 14.3. The minimum absolute atomic E-state index is 0.640. The molecule has 0 saturated heterocycles. The fraction of sp³-hybridized carbons (Fsp3) is 0.200. The van der Waals surface area contributed by atoms with E-state index >= 15 is 0 Å². The summed E-state index contributed by atoms with van der Waals surface area (Å²) in [6, 6.07) is 14.0. The first-order valence-electron chi connectivity index (χ1n) is 6.03. The Balaban J connectivity index is 2.13. The minimum atomic E-state index is 0.640. The lowest BCUT2D eigenvalue weighted by Gasteiger charge is -2.07. The Morgan fingerprint density at radius 3 is 2.47 bits per heavy atom. The van der Waals surface area contributed by atoms with Crippen molar-refractivity contribution in [2.45, 2.75) is 16.2 Å². The van der Waals surface area contributed by atoms with Crippen LogP contribution in [0.25, 0.3) is 0 Å². The largest absolute Gasteiger partial charge is 0.497 e. The summed E-state index contributed by atoms with van der Waals surface area (Å²) in [5, 5.41) is 0.770. The first-order chi connectivity index (χ1) is 9.22. The van der Waals surface area contributed by atoms with Crippen molar-refractivity contribution in [2.24, 2.45) is 5.73 Å². The molecule has 0 saturated carbocycles. The molecule has 2 nitrogen and oxygen atoms in total. The van der Waals surface area contributed by atoms with Crippen molar-refractivity contribution in [1.82, 2.24) is 0 Å². The molecular formula is C15H16ClNOS. The highest BCUT2D eigenvalue weighted by molar-refractivity contribution is 7.99. The number of benzene rings is 2. The maximum absolute atomic E-state index is 6.29. The van der Waals surface area contributed by atoms with Gasteiger partial charge in [0.2, 0.25) is 0 Å². The second-order valence-electron chi connectivity index (χ2n) is 4.08. The lowest BCUT2D eigenvalue weighted by atomic mass is 10.1. The molecule has 2 N–H and O–H groups in total. The molecule has 0 bridgehead atoms. The van der Waals surface area contributed by atoms with Crippen molar-refractivity contribution in [2.75, 3.05) is 13.7 Å². The molecular weight excluding hydrogens is 278 g/mol. The molecule has 0 aromatic heterocycles. The molecule has 0 atom stereocenters. The van der Waals surface area contributed by atoms with Crippen molar-refractivity contribution in [3.63, 3.8) is 0 Å². The molecule has 0 aliphatic rings. The second kappa shape index (κ2) is 6.85. The van der Waals surface area contributed by atoms with Gasteiger partial charge in [0.1, 0.15) is 5.75 Å². The summed E-state index contributed by atoms with van der Waals surface area (Å²) in [5.74, 6) is 0.855. The SMILES string of the molecule is COc1ccc(Sc2ccc(CCN)cc2Cl)cc1. The van der Waals surface area contributed by atoms with Gasteiger partial charge in [-0.1, -0.05) is 29.4 Å². The summed E-state index contributed by atoms with van der Waals surface area (Å²) in [7, 11) is 1.66. The zero-order valence-electron chi connectivity index (χ0n) is 10.7. The molecule has 4 heteroatoms. The molecule has 0 radical (unpaired) electrons. The second-order valence-corrected chi connectivity index (χ2v) is 5.60. The average molecular weight is 294 g/mol. The van der Waals surface area contributed by atoms with Crippen LogP contribution in [0, 0.1) is 0 Å². The van der Waals surface area contributed by atoms with Crippen molar-refractivity contribution in [3.05, 3.63) is 53.1 Å². The Bertz CT molecular complexity index is 542. The fourth-order valence-corrected chi connectivity index (χ4v) is 2.86. The summed E-state index contributed by atoms with van der Waals surface area (Å²) in [4.78, 5) is 2.18. The van der Waals surface area contributed by atoms with Crippen molar-refractivity contribution < 1.29 is 4.74 Å². The first-order valence-corrected chi connectivity index (χ1v) is 7.23. The van der Waals surface area contributed by atoms with E-state index in [2.05, 4.69) is 6.07 Å². The highest BCUT2D eigenvalue weighted by Gasteiger charge is 2.04. The van der Waals surface area contributed by atoms with Crippen molar-refractivity contribution in [1.29, 1.82) is 0 Å². The normalized spacial score (nSPS) is 10.5. The van der Waals surface area contributed by atoms with Gasteiger partial charge in [-0.2, -0.15) is 0 Å². The van der Waals surface area contributed by atoms with Gasteiger partial charge in [-0.15, -0.1) is 0 Å². The molecule has 0 unspecified atom stereocenters. The van der Waals surface area contributed by atoms with Gasteiger partial charge in [0.25, 0.3) is 0 Å². The molecule has 0 aliphatic carbocycles. The van der Waals surface area contributed by atoms with Crippen LogP contribution in [0.2, 0.25) is 5.02 Å². The van der Waals surface area contributed by atoms with Crippen molar-refractivity contribution in [3.8, 4) is 5.75 Å². The smallest absolute Gasteiger partial charge is 0.118 e. The zero-order chi connectivity index (χ0) is 13.7. The number of ether oxygens (including phenoxy) is 1. The van der Waals surface area contributed by atoms with E-state index < -0.39 is 0 Å². The van der Waals surface area contributed by atoms with Crippen LogP contribution in [0.3, 0.4) is 0 Å². The lowest BCUT2D eigenvalue weighted by Crippen LogP contribution is -2.02. The third-order valence-corrected chi connectivity index (χ3v) is 4.23. The number of rotatable bonds is 5. The summed E-state index contributed by atoms with van der Waals surface area (Å²) < 4.78 is 5.14. The van der Waals surface area contributed by atoms with Crippen LogP contribution in [0.5, 0.6) is 5.75 Å². The van der Waals surface area contributed by atoms with Crippen LogP contribution in [0.15, 0.2) is 52.3 Å². The Morgan fingerprint density at radius 1 is 1.16 bits per heavy atom. The van der Waals surface area contributed by atoms with E-state index in [-0.39, 0.29) is 0 Å². The van der Waals surface area contributed by atoms with Gasteiger partial charge >= 0.3 is 0 Å². The zero-order valence-corrected chi connectivity index (χ0v) is 12.3. The lowest BCUT2D eigenvalue weighted by molar-refractivity contribution is 0.414. The maximum Gasteiger partial charge on any atom is 0.118 e. The predicted octanol–water partition coefficient (Wildman–Crippen LogP) is 4.00. The standard InChI is InChI=1S/C15H16ClNOS/c1-18-12-3-5-13(6-4-12)19-15-7-2-11(8-9-17)10-14(15)16/h2-7,10H,8-9,17H2,1H3. The Kier molecular flexibility index (Phi) is 5.14. The molecule has 0 fully saturated rings. The van der Waals surface area contributed by atoms with E-state index in [4.69, 9.17) is 22.1 Å². The monoisotopic (exact) mass is 293 g/mol. The van der Waals surface area contributed by atoms with Crippen LogP contribution in [-0.2, 0) is 6.42 Å². The van der Waals surface area contributed by atoms with Gasteiger partial charge < -0.3 is 10.5 Å². The van der Waals surface area contributed by atoms with Gasteiger partial charge in [0.05, 0.1) is 12.1 Å². The van der Waals surface area contributed by atoms with Crippen LogP contribution in [0.4, 0.5) is 0 Å². The molecule has 2 aromatic carbocycles. The summed E-state index contributed by atoms with van der Waals surface area (Å²) in [6.07, 6.45) is 0.854. The number of methoxy groups -OCH3 is 1.